The molecule has 2 N–H and O–H groups in total. The Hall–Kier alpha value is -0.810. The Labute approximate surface area is 65.4 Å². The summed E-state index contributed by atoms with van der Waals surface area (Å²) >= 11 is 0. The molecule has 0 aromatic heterocycles. The van der Waals surface area contributed by atoms with Gasteiger partial charge in [0.15, 0.2) is 6.29 Å². The van der Waals surface area contributed by atoms with Crippen molar-refractivity contribution in [1.82, 2.24) is 0 Å². The molecule has 0 atom stereocenters. The van der Waals surface area contributed by atoms with E-state index in [0.29, 0.717) is 6.42 Å². The lowest BCUT2D eigenvalue weighted by Crippen LogP contribution is -2.19. The molecule has 0 rings (SSSR count). The highest BCUT2D eigenvalue weighted by Crippen LogP contribution is 1.97. The van der Waals surface area contributed by atoms with Gasteiger partial charge in [0.05, 0.1) is 6.61 Å². The van der Waals surface area contributed by atoms with E-state index in [-0.39, 0.29) is 12.9 Å². The summed E-state index contributed by atoms with van der Waals surface area (Å²) in [4.78, 5) is 10.1. The molecule has 5 nitrogen and oxygen atoms in total. The van der Waals surface area contributed by atoms with Gasteiger partial charge in [-0.15, -0.1) is 0 Å². The summed E-state index contributed by atoms with van der Waals surface area (Å²) in [5.41, 5.74) is 4.72. The van der Waals surface area contributed by atoms with Crippen molar-refractivity contribution in [3.63, 3.8) is 0 Å². The van der Waals surface area contributed by atoms with Crippen LogP contribution in [0.5, 0.6) is 0 Å². The van der Waals surface area contributed by atoms with Gasteiger partial charge >= 0.3 is 6.09 Å². The van der Waals surface area contributed by atoms with Gasteiger partial charge in [-0.1, -0.05) is 0 Å². The zero-order valence-corrected chi connectivity index (χ0v) is 6.70. The topological polar surface area (TPSA) is 70.8 Å². The Morgan fingerprint density at radius 1 is 1.45 bits per heavy atom. The summed E-state index contributed by atoms with van der Waals surface area (Å²) in [5, 5.41) is 0. The van der Waals surface area contributed by atoms with Crippen LogP contribution in [0.2, 0.25) is 0 Å². The fraction of sp³-hybridized carbons (Fsp3) is 0.833. The number of amides is 1. The lowest BCUT2D eigenvalue weighted by Gasteiger charge is -2.11. The van der Waals surface area contributed by atoms with Gasteiger partial charge in [-0.25, -0.2) is 4.79 Å². The number of methoxy groups -OCH3 is 2. The molecular weight excluding hydrogens is 150 g/mol. The Morgan fingerprint density at radius 3 is 2.36 bits per heavy atom. The van der Waals surface area contributed by atoms with Gasteiger partial charge < -0.3 is 19.9 Å². The van der Waals surface area contributed by atoms with Crippen molar-refractivity contribution in [2.75, 3.05) is 20.8 Å². The van der Waals surface area contributed by atoms with E-state index >= 15 is 0 Å². The fourth-order valence-corrected chi connectivity index (χ4v) is 0.588. The quantitative estimate of drug-likeness (QED) is 0.583. The number of ether oxygens (including phenoxy) is 3. The van der Waals surface area contributed by atoms with E-state index in [9.17, 15) is 4.79 Å². The number of nitrogens with two attached hydrogens (primary N) is 1. The minimum Gasteiger partial charge on any atom is -0.450 e. The first kappa shape index (κ1) is 10.2. The van der Waals surface area contributed by atoms with E-state index in [1.54, 1.807) is 0 Å². The maximum absolute atomic E-state index is 10.1. The van der Waals surface area contributed by atoms with Crippen LogP contribution in [0, 0.1) is 0 Å². The zero-order valence-electron chi connectivity index (χ0n) is 6.70. The molecule has 0 radical (unpaired) electrons. The van der Waals surface area contributed by atoms with Gasteiger partial charge in [0.25, 0.3) is 0 Å². The average molecular weight is 163 g/mol. The maximum atomic E-state index is 10.1. The first-order valence-corrected chi connectivity index (χ1v) is 3.18. The molecule has 0 fully saturated rings. The van der Waals surface area contributed by atoms with Crippen LogP contribution >= 0.6 is 0 Å². The van der Waals surface area contributed by atoms with Crippen molar-refractivity contribution in [3.05, 3.63) is 0 Å². The van der Waals surface area contributed by atoms with Crippen LogP contribution in [-0.4, -0.2) is 33.2 Å². The number of carbonyl (C=O) groups excluding carboxylic acids is 1. The van der Waals surface area contributed by atoms with Crippen molar-refractivity contribution < 1.29 is 19.0 Å². The predicted molar refractivity (Wildman–Crippen MR) is 38.0 cm³/mol. The minimum atomic E-state index is -0.782. The van der Waals surface area contributed by atoms with Crippen LogP contribution in [-0.2, 0) is 14.2 Å². The summed E-state index contributed by atoms with van der Waals surface area (Å²) in [6.07, 6.45) is -0.638. The summed E-state index contributed by atoms with van der Waals surface area (Å²) in [7, 11) is 3.02. The van der Waals surface area contributed by atoms with Crippen molar-refractivity contribution in [2.24, 2.45) is 5.73 Å². The summed E-state index contributed by atoms with van der Waals surface area (Å²) in [5.74, 6) is 0. The second-order valence-corrected chi connectivity index (χ2v) is 1.86. The Bertz CT molecular complexity index is 113. The van der Waals surface area contributed by atoms with Gasteiger partial charge in [0.2, 0.25) is 0 Å². The number of primary amides is 1. The maximum Gasteiger partial charge on any atom is 0.404 e. The molecule has 66 valence electrons. The van der Waals surface area contributed by atoms with Crippen LogP contribution in [0.4, 0.5) is 4.79 Å². The van der Waals surface area contributed by atoms with E-state index in [1.165, 1.54) is 14.2 Å². The lowest BCUT2D eigenvalue weighted by molar-refractivity contribution is -0.111. The molecule has 5 heteroatoms. The average Bonchev–Trinajstić information content (AvgIpc) is 1.98. The molecule has 11 heavy (non-hydrogen) atoms. The zero-order chi connectivity index (χ0) is 8.69. The Morgan fingerprint density at radius 2 is 2.00 bits per heavy atom. The van der Waals surface area contributed by atoms with E-state index in [2.05, 4.69) is 4.74 Å². The minimum absolute atomic E-state index is 0.210. The second kappa shape index (κ2) is 5.94. The molecule has 0 saturated heterocycles. The molecule has 0 bridgehead atoms. The van der Waals surface area contributed by atoms with Gasteiger partial charge in [-0.2, -0.15) is 0 Å². The van der Waals surface area contributed by atoms with Crippen molar-refractivity contribution >= 4 is 6.09 Å². The smallest absolute Gasteiger partial charge is 0.404 e. The lowest BCUT2D eigenvalue weighted by atomic mass is 10.4. The molecule has 0 saturated carbocycles. The third kappa shape index (κ3) is 5.63. The largest absolute Gasteiger partial charge is 0.450 e. The molecule has 0 spiro atoms. The molecular formula is C6H13NO4. The molecule has 0 unspecified atom stereocenters. The van der Waals surface area contributed by atoms with Crippen LogP contribution in [0.15, 0.2) is 0 Å². The van der Waals surface area contributed by atoms with Crippen molar-refractivity contribution in [2.45, 2.75) is 12.7 Å². The van der Waals surface area contributed by atoms with Gasteiger partial charge in [0.1, 0.15) is 0 Å². The molecule has 0 aromatic rings. The third-order valence-corrected chi connectivity index (χ3v) is 1.12. The van der Waals surface area contributed by atoms with E-state index < -0.39 is 6.09 Å². The number of hydrogen-bond donors (Lipinski definition) is 1. The standard InChI is InChI=1S/C6H13NO4/c1-9-5(10-2)3-4-11-6(7)8/h5H,3-4H2,1-2H3,(H2,7,8). The SMILES string of the molecule is COC(CCOC(N)=O)OC. The molecule has 1 amide bonds. The number of carbonyl (C=O) groups is 1. The first-order valence-electron chi connectivity index (χ1n) is 3.18. The van der Waals surface area contributed by atoms with Gasteiger partial charge in [-0.05, 0) is 0 Å². The first-order chi connectivity index (χ1) is 5.20. The summed E-state index contributed by atoms with van der Waals surface area (Å²) in [6, 6.07) is 0. The Kier molecular flexibility index (Phi) is 5.50. The highest BCUT2D eigenvalue weighted by atomic mass is 16.7. The second-order valence-electron chi connectivity index (χ2n) is 1.86. The van der Waals surface area contributed by atoms with Crippen LogP contribution in [0.25, 0.3) is 0 Å². The highest BCUT2D eigenvalue weighted by Gasteiger charge is 2.04. The summed E-state index contributed by atoms with van der Waals surface area (Å²) < 4.78 is 14.1. The predicted octanol–water partition coefficient (Wildman–Crippen LogP) is 0.0907. The third-order valence-electron chi connectivity index (χ3n) is 1.12. The highest BCUT2D eigenvalue weighted by molar-refractivity contribution is 5.64. The van der Waals surface area contributed by atoms with Crippen molar-refractivity contribution in [3.8, 4) is 0 Å². The van der Waals surface area contributed by atoms with Crippen LogP contribution in [0.1, 0.15) is 6.42 Å². The molecule has 0 aliphatic heterocycles. The molecule has 0 heterocycles. The molecule has 0 aliphatic rings. The van der Waals surface area contributed by atoms with E-state index in [4.69, 9.17) is 15.2 Å². The Balaban J connectivity index is 3.28. The normalized spacial score (nSPS) is 10.1. The van der Waals surface area contributed by atoms with E-state index in [1.807, 2.05) is 0 Å². The van der Waals surface area contributed by atoms with Crippen LogP contribution in [0.3, 0.4) is 0 Å². The van der Waals surface area contributed by atoms with E-state index in [0.717, 1.165) is 0 Å². The van der Waals surface area contributed by atoms with Gasteiger partial charge in [0, 0.05) is 20.6 Å². The van der Waals surface area contributed by atoms with Crippen molar-refractivity contribution in [1.29, 1.82) is 0 Å². The molecule has 0 aliphatic carbocycles. The monoisotopic (exact) mass is 163 g/mol. The number of hydrogen-bond acceptors (Lipinski definition) is 4. The van der Waals surface area contributed by atoms with Gasteiger partial charge in [-0.3, -0.25) is 0 Å². The van der Waals surface area contributed by atoms with Crippen LogP contribution < -0.4 is 5.73 Å². The molecule has 0 aromatic carbocycles. The summed E-state index contributed by atoms with van der Waals surface area (Å²) in [6.45, 7) is 0.210. The number of rotatable bonds is 5. The fourth-order valence-electron chi connectivity index (χ4n) is 0.588.